The first-order valence-corrected chi connectivity index (χ1v) is 10.8. The lowest BCUT2D eigenvalue weighted by molar-refractivity contribution is -0.120. The minimum Gasteiger partial charge on any atom is -0.497 e. The van der Waals surface area contributed by atoms with Gasteiger partial charge in [-0.2, -0.15) is 0 Å². The molecule has 3 aromatic carbocycles. The van der Waals surface area contributed by atoms with Gasteiger partial charge in [-0.1, -0.05) is 72.8 Å². The third kappa shape index (κ3) is 6.73. The van der Waals surface area contributed by atoms with E-state index in [2.05, 4.69) is 60.7 Å². The number of rotatable bonds is 11. The van der Waals surface area contributed by atoms with Gasteiger partial charge in [-0.25, -0.2) is 0 Å². The zero-order valence-corrected chi connectivity index (χ0v) is 19.5. The van der Waals surface area contributed by atoms with Gasteiger partial charge in [-0.05, 0) is 41.7 Å². The molecule has 0 heterocycles. The van der Waals surface area contributed by atoms with E-state index in [4.69, 9.17) is 10.5 Å². The zero-order valence-electron chi connectivity index (χ0n) is 19.5. The van der Waals surface area contributed by atoms with Crippen molar-refractivity contribution in [2.45, 2.75) is 37.2 Å². The number of benzene rings is 3. The Morgan fingerprint density at radius 3 is 1.82 bits per heavy atom. The summed E-state index contributed by atoms with van der Waals surface area (Å²) in [5.74, 6) is 0.854. The molecule has 0 fully saturated rings. The van der Waals surface area contributed by atoms with Crippen LogP contribution in [0.1, 0.15) is 42.4 Å². The van der Waals surface area contributed by atoms with Gasteiger partial charge in [0, 0.05) is 24.8 Å². The van der Waals surface area contributed by atoms with E-state index in [1.54, 1.807) is 7.11 Å². The Kier molecular flexibility index (Phi) is 11.5. The predicted octanol–water partition coefficient (Wildman–Crippen LogP) is 4.80. The van der Waals surface area contributed by atoms with Crippen molar-refractivity contribution in [2.24, 2.45) is 5.73 Å². The molecular formula is C27H37N3O3. The first-order valence-electron chi connectivity index (χ1n) is 10.8. The molecule has 33 heavy (non-hydrogen) atoms. The molecule has 3 rings (SSSR count). The number of aliphatic hydroxyl groups excluding tert-OH is 1. The fraction of sp³-hybridized carbons (Fsp3) is 0.296. The summed E-state index contributed by atoms with van der Waals surface area (Å²) in [5, 5.41) is 9.71. The second-order valence-electron chi connectivity index (χ2n) is 7.85. The highest BCUT2D eigenvalue weighted by molar-refractivity contribution is 5.78. The molecule has 0 amide bonds. The van der Waals surface area contributed by atoms with Gasteiger partial charge in [0.25, 0.3) is 0 Å². The van der Waals surface area contributed by atoms with Crippen LogP contribution in [0.4, 0.5) is 0 Å². The lowest BCUT2D eigenvalue weighted by Crippen LogP contribution is -2.30. The van der Waals surface area contributed by atoms with Crippen molar-refractivity contribution in [3.63, 3.8) is 0 Å². The Balaban J connectivity index is 0.00000272. The summed E-state index contributed by atoms with van der Waals surface area (Å²) in [4.78, 5) is 12.4. The van der Waals surface area contributed by atoms with Crippen molar-refractivity contribution < 1.29 is 14.6 Å². The largest absolute Gasteiger partial charge is 0.497 e. The molecule has 178 valence electrons. The maximum absolute atomic E-state index is 12.4. The molecule has 0 aliphatic carbocycles. The summed E-state index contributed by atoms with van der Waals surface area (Å²) in [6, 6.07) is 29.0. The molecule has 3 aromatic rings. The minimum atomic E-state index is -0.762. The van der Waals surface area contributed by atoms with Crippen molar-refractivity contribution >= 4 is 5.78 Å². The predicted molar refractivity (Wildman–Crippen MR) is 134 cm³/mol. The number of hydrogen-bond acceptors (Lipinski definition) is 6. The molecular weight excluding hydrogens is 414 g/mol. The normalized spacial score (nSPS) is 11.6. The van der Waals surface area contributed by atoms with E-state index >= 15 is 0 Å². The highest BCUT2D eigenvalue weighted by atomic mass is 16.5. The molecule has 6 heteroatoms. The van der Waals surface area contributed by atoms with Crippen LogP contribution in [-0.4, -0.2) is 30.6 Å². The third-order valence-corrected chi connectivity index (χ3v) is 5.86. The monoisotopic (exact) mass is 451 g/mol. The van der Waals surface area contributed by atoms with Gasteiger partial charge < -0.3 is 27.9 Å². The summed E-state index contributed by atoms with van der Waals surface area (Å²) in [5.41, 5.74) is 8.57. The second-order valence-corrected chi connectivity index (χ2v) is 7.85. The van der Waals surface area contributed by atoms with Crippen LogP contribution in [0, 0.1) is 0 Å². The quantitative estimate of drug-likeness (QED) is 0.308. The van der Waals surface area contributed by atoms with Crippen LogP contribution in [0.25, 0.3) is 0 Å². The molecule has 0 aliphatic heterocycles. The number of hydrogen-bond donors (Lipinski definition) is 4. The lowest BCUT2D eigenvalue weighted by Gasteiger charge is -2.36. The molecule has 0 radical (unpaired) electrons. The van der Waals surface area contributed by atoms with Crippen LogP contribution >= 0.6 is 0 Å². The van der Waals surface area contributed by atoms with Gasteiger partial charge in [0.15, 0.2) is 0 Å². The summed E-state index contributed by atoms with van der Waals surface area (Å²) in [7, 11) is 1.66. The van der Waals surface area contributed by atoms with E-state index < -0.39 is 11.5 Å². The van der Waals surface area contributed by atoms with Crippen molar-refractivity contribution in [3.05, 3.63) is 102 Å². The van der Waals surface area contributed by atoms with Gasteiger partial charge in [-0.3, -0.25) is 4.79 Å². The fourth-order valence-electron chi connectivity index (χ4n) is 4.25. The Morgan fingerprint density at radius 2 is 1.36 bits per heavy atom. The average molecular weight is 452 g/mol. The molecule has 0 bridgehead atoms. The smallest absolute Gasteiger partial charge is 0.135 e. The Bertz CT molecular complexity index is 908. The number of methoxy groups -OCH3 is 1. The number of ether oxygens (including phenoxy) is 1. The van der Waals surface area contributed by atoms with Gasteiger partial charge in [0.2, 0.25) is 0 Å². The molecule has 6 nitrogen and oxygen atoms in total. The van der Waals surface area contributed by atoms with Crippen molar-refractivity contribution in [3.8, 4) is 5.75 Å². The maximum Gasteiger partial charge on any atom is 0.135 e. The molecule has 9 N–H and O–H groups in total. The molecule has 0 saturated heterocycles. The van der Waals surface area contributed by atoms with Crippen molar-refractivity contribution in [1.29, 1.82) is 0 Å². The third-order valence-electron chi connectivity index (χ3n) is 5.86. The van der Waals surface area contributed by atoms with E-state index in [1.165, 1.54) is 11.1 Å². The number of nitrogens with two attached hydrogens (primary N) is 1. The fourth-order valence-corrected chi connectivity index (χ4v) is 4.25. The average Bonchev–Trinajstić information content (AvgIpc) is 2.83. The van der Waals surface area contributed by atoms with Crippen LogP contribution in [0.15, 0.2) is 84.9 Å². The van der Waals surface area contributed by atoms with E-state index in [0.29, 0.717) is 12.8 Å². The molecule has 1 unspecified atom stereocenters. The first-order chi connectivity index (χ1) is 15.1. The standard InChI is InChI=1S/C27H31NO3.2H3N/c1-31-26-16-14-23(15-17-26)27(21-9-4-2-5-10-21,22-11-6-3-7-12-22)18-8-13-24(29)19-25(30)20-28;;/h2-7,9-12,14-17,25,30H,8,13,18-20,28H2,1H3;2*1H3. The molecule has 0 aliphatic rings. The Labute approximate surface area is 197 Å². The number of carbonyl (C=O) groups is 1. The molecule has 0 aromatic heterocycles. The number of ketones is 1. The number of Topliss-reactive ketones (excluding diaryl/α,β-unsaturated/α-hetero) is 1. The van der Waals surface area contributed by atoms with Crippen LogP contribution in [-0.2, 0) is 10.2 Å². The van der Waals surface area contributed by atoms with E-state index in [-0.39, 0.29) is 31.0 Å². The minimum absolute atomic E-state index is 0. The van der Waals surface area contributed by atoms with Gasteiger partial charge in [-0.15, -0.1) is 0 Å². The van der Waals surface area contributed by atoms with Gasteiger partial charge >= 0.3 is 0 Å². The molecule has 1 atom stereocenters. The SMILES string of the molecule is COc1ccc(C(CCCC(=O)CC(O)CN)(c2ccccc2)c2ccccc2)cc1.N.N. The summed E-state index contributed by atoms with van der Waals surface area (Å²) >= 11 is 0. The summed E-state index contributed by atoms with van der Waals surface area (Å²) < 4.78 is 5.37. The lowest BCUT2D eigenvalue weighted by atomic mass is 9.66. The second kappa shape index (κ2) is 13.5. The maximum atomic E-state index is 12.4. The van der Waals surface area contributed by atoms with Crippen LogP contribution in [0.2, 0.25) is 0 Å². The Hall–Kier alpha value is -3.03. The molecule has 0 spiro atoms. The van der Waals surface area contributed by atoms with Crippen molar-refractivity contribution in [2.75, 3.05) is 13.7 Å². The van der Waals surface area contributed by atoms with Crippen LogP contribution in [0.5, 0.6) is 5.75 Å². The molecule has 0 saturated carbocycles. The van der Waals surface area contributed by atoms with Gasteiger partial charge in [0.1, 0.15) is 11.5 Å². The topological polar surface area (TPSA) is 143 Å². The summed E-state index contributed by atoms with van der Waals surface area (Å²) in [6.07, 6.45) is 1.23. The van der Waals surface area contributed by atoms with E-state index in [0.717, 1.165) is 17.7 Å². The zero-order chi connectivity index (χ0) is 22.1. The summed E-state index contributed by atoms with van der Waals surface area (Å²) in [6.45, 7) is 0.107. The highest BCUT2D eigenvalue weighted by Crippen LogP contribution is 2.43. The van der Waals surface area contributed by atoms with E-state index in [9.17, 15) is 9.90 Å². The van der Waals surface area contributed by atoms with Gasteiger partial charge in [0.05, 0.1) is 13.2 Å². The van der Waals surface area contributed by atoms with Crippen LogP contribution < -0.4 is 22.8 Å². The first kappa shape index (κ1) is 28.0. The Morgan fingerprint density at radius 1 is 0.879 bits per heavy atom. The number of aliphatic hydroxyl groups is 1. The highest BCUT2D eigenvalue weighted by Gasteiger charge is 2.36. The van der Waals surface area contributed by atoms with Crippen molar-refractivity contribution in [1.82, 2.24) is 12.3 Å². The number of carbonyl (C=O) groups excluding carboxylic acids is 1. The van der Waals surface area contributed by atoms with Crippen LogP contribution in [0.3, 0.4) is 0 Å². The van der Waals surface area contributed by atoms with E-state index in [1.807, 2.05) is 24.3 Å².